The Bertz CT molecular complexity index is 986. The monoisotopic (exact) mass is 523 g/mol. The molecule has 1 amide bonds. The largest absolute Gasteiger partial charge is 0.497 e. The van der Waals surface area contributed by atoms with Gasteiger partial charge in [-0.2, -0.15) is 4.31 Å². The van der Waals surface area contributed by atoms with Crippen molar-refractivity contribution in [2.45, 2.75) is 57.8 Å². The molecular formula is C27H45N3O5S. The molecule has 1 saturated carbocycles. The summed E-state index contributed by atoms with van der Waals surface area (Å²) in [7, 11) is 1.26. The fourth-order valence-electron chi connectivity index (χ4n) is 5.90. The van der Waals surface area contributed by atoms with Gasteiger partial charge in [-0.1, -0.05) is 6.92 Å². The zero-order valence-electron chi connectivity index (χ0n) is 23.0. The maximum atomic E-state index is 13.1. The Balaban J connectivity index is 1.41. The van der Waals surface area contributed by atoms with Crippen LogP contribution in [-0.4, -0.2) is 95.6 Å². The van der Waals surface area contributed by atoms with Crippen LogP contribution in [0.4, 0.5) is 0 Å². The molecule has 0 unspecified atom stereocenters. The van der Waals surface area contributed by atoms with Crippen molar-refractivity contribution in [3.8, 4) is 5.75 Å². The van der Waals surface area contributed by atoms with Crippen LogP contribution in [0.5, 0.6) is 5.75 Å². The van der Waals surface area contributed by atoms with Crippen LogP contribution in [0, 0.1) is 25.2 Å². The minimum absolute atomic E-state index is 0.0389. The first kappa shape index (κ1) is 28.9. The molecule has 0 aromatic heterocycles. The molecule has 1 aliphatic carbocycles. The van der Waals surface area contributed by atoms with Gasteiger partial charge >= 0.3 is 0 Å². The van der Waals surface area contributed by atoms with Crippen molar-refractivity contribution in [3.05, 3.63) is 23.3 Å². The summed E-state index contributed by atoms with van der Waals surface area (Å²) in [5.41, 5.74) is 1.63. The topological polar surface area (TPSA) is 79.4 Å². The normalized spacial score (nSPS) is 22.9. The highest BCUT2D eigenvalue weighted by molar-refractivity contribution is 7.89. The first-order valence-corrected chi connectivity index (χ1v) is 14.5. The zero-order valence-corrected chi connectivity index (χ0v) is 23.8. The van der Waals surface area contributed by atoms with Gasteiger partial charge in [0.05, 0.1) is 18.6 Å². The number of methoxy groups -OCH3 is 1. The minimum Gasteiger partial charge on any atom is -0.497 e. The molecule has 1 aliphatic heterocycles. The number of nitrogens with zero attached hydrogens (tertiary/aromatic N) is 3. The number of amides is 1. The van der Waals surface area contributed by atoms with Gasteiger partial charge < -0.3 is 19.3 Å². The van der Waals surface area contributed by atoms with Gasteiger partial charge in [0.15, 0.2) is 0 Å². The predicted octanol–water partition coefficient (Wildman–Crippen LogP) is 3.31. The number of rotatable bonds is 12. The Morgan fingerprint density at radius 1 is 1.17 bits per heavy atom. The van der Waals surface area contributed by atoms with Gasteiger partial charge in [0, 0.05) is 33.7 Å². The van der Waals surface area contributed by atoms with Gasteiger partial charge in [0.1, 0.15) is 12.4 Å². The lowest BCUT2D eigenvalue weighted by Crippen LogP contribution is -2.36. The van der Waals surface area contributed by atoms with Gasteiger partial charge in [-0.25, -0.2) is 8.42 Å². The smallest absolute Gasteiger partial charge is 0.248 e. The van der Waals surface area contributed by atoms with Gasteiger partial charge in [0.2, 0.25) is 15.9 Å². The fourth-order valence-corrected chi connectivity index (χ4v) is 7.46. The van der Waals surface area contributed by atoms with E-state index in [2.05, 4.69) is 11.8 Å². The lowest BCUT2D eigenvalue weighted by Gasteiger charge is -2.30. The van der Waals surface area contributed by atoms with Crippen molar-refractivity contribution in [1.29, 1.82) is 0 Å². The van der Waals surface area contributed by atoms with E-state index in [9.17, 15) is 13.2 Å². The van der Waals surface area contributed by atoms with Crippen molar-refractivity contribution in [2.24, 2.45) is 11.3 Å². The summed E-state index contributed by atoms with van der Waals surface area (Å²) in [6.07, 6.45) is 6.18. The maximum Gasteiger partial charge on any atom is 0.248 e. The lowest BCUT2D eigenvalue weighted by molar-refractivity contribution is -0.135. The number of carbonyl (C=O) groups excluding carboxylic acids is 1. The summed E-state index contributed by atoms with van der Waals surface area (Å²) < 4.78 is 38.3. The Labute approximate surface area is 218 Å². The van der Waals surface area contributed by atoms with E-state index in [0.717, 1.165) is 19.4 Å². The number of carbonyl (C=O) groups is 1. The first-order chi connectivity index (χ1) is 16.9. The van der Waals surface area contributed by atoms with Crippen LogP contribution in [-0.2, 0) is 19.6 Å². The van der Waals surface area contributed by atoms with E-state index in [1.807, 2.05) is 7.05 Å². The lowest BCUT2D eigenvalue weighted by atomic mass is 9.87. The molecule has 204 valence electrons. The number of ether oxygens (including phenoxy) is 2. The number of benzene rings is 1. The zero-order chi connectivity index (χ0) is 26.5. The average Bonchev–Trinajstić information content (AvgIpc) is 3.44. The van der Waals surface area contributed by atoms with Crippen LogP contribution in [0.2, 0.25) is 0 Å². The molecule has 0 bridgehead atoms. The molecule has 9 heteroatoms. The maximum absolute atomic E-state index is 13.1. The number of sulfonamides is 1. The van der Waals surface area contributed by atoms with Crippen molar-refractivity contribution in [1.82, 2.24) is 14.1 Å². The number of likely N-dealkylation sites (N-methyl/N-ethyl adjacent to an activating group) is 2. The highest BCUT2D eigenvalue weighted by Crippen LogP contribution is 2.42. The van der Waals surface area contributed by atoms with E-state index < -0.39 is 10.0 Å². The van der Waals surface area contributed by atoms with E-state index in [-0.39, 0.29) is 30.6 Å². The predicted molar refractivity (Wildman–Crippen MR) is 142 cm³/mol. The van der Waals surface area contributed by atoms with E-state index in [1.54, 1.807) is 38.0 Å². The minimum atomic E-state index is -3.68. The molecule has 0 N–H and O–H groups in total. The molecule has 36 heavy (non-hydrogen) atoms. The second-order valence-corrected chi connectivity index (χ2v) is 13.1. The van der Waals surface area contributed by atoms with Crippen LogP contribution in [0.3, 0.4) is 0 Å². The molecular weight excluding hydrogens is 478 g/mol. The molecule has 0 radical (unpaired) electrons. The third-order valence-corrected chi connectivity index (χ3v) is 9.98. The van der Waals surface area contributed by atoms with Crippen molar-refractivity contribution in [3.63, 3.8) is 0 Å². The second-order valence-electron chi connectivity index (χ2n) is 11.1. The Hall–Kier alpha value is -1.68. The quantitative estimate of drug-likeness (QED) is 0.391. The third-order valence-electron chi connectivity index (χ3n) is 7.81. The highest BCUT2D eigenvalue weighted by Gasteiger charge is 2.37. The molecule has 8 nitrogen and oxygen atoms in total. The summed E-state index contributed by atoms with van der Waals surface area (Å²) in [4.78, 5) is 17.3. The molecule has 2 aliphatic rings. The summed E-state index contributed by atoms with van der Waals surface area (Å²) in [5, 5.41) is 0. The van der Waals surface area contributed by atoms with E-state index >= 15 is 0 Å². The van der Waals surface area contributed by atoms with Gasteiger partial charge in [0.25, 0.3) is 0 Å². The Morgan fingerprint density at radius 3 is 2.42 bits per heavy atom. The van der Waals surface area contributed by atoms with E-state index in [1.165, 1.54) is 50.2 Å². The first-order valence-electron chi connectivity index (χ1n) is 13.1. The van der Waals surface area contributed by atoms with Gasteiger partial charge in [-0.05, 0) is 93.6 Å². The van der Waals surface area contributed by atoms with Crippen LogP contribution >= 0.6 is 0 Å². The van der Waals surface area contributed by atoms with Gasteiger partial charge in [-0.15, -0.1) is 0 Å². The molecule has 1 aromatic rings. The molecule has 1 heterocycles. The van der Waals surface area contributed by atoms with Crippen molar-refractivity contribution < 1.29 is 22.7 Å². The summed E-state index contributed by atoms with van der Waals surface area (Å²) in [6.45, 7) is 10.6. The van der Waals surface area contributed by atoms with Crippen LogP contribution in [0.1, 0.15) is 50.2 Å². The van der Waals surface area contributed by atoms with Crippen molar-refractivity contribution in [2.75, 3.05) is 67.1 Å². The SMILES string of the molecule is COc1cc(C)c(S(=O)(=O)N(C)CCOCC(=O)N(C)C[C@H]2CC[C@](C)(CN3CCCC3)C2)c(C)c1. The molecule has 1 saturated heterocycles. The highest BCUT2D eigenvalue weighted by atomic mass is 32.2. The Kier molecular flexibility index (Phi) is 9.82. The average molecular weight is 524 g/mol. The number of hydrogen-bond donors (Lipinski definition) is 0. The van der Waals surface area contributed by atoms with Crippen LogP contribution in [0.25, 0.3) is 0 Å². The summed E-state index contributed by atoms with van der Waals surface area (Å²) >= 11 is 0. The molecule has 3 rings (SSSR count). The van der Waals surface area contributed by atoms with Crippen molar-refractivity contribution >= 4 is 15.9 Å². The molecule has 2 fully saturated rings. The molecule has 1 aromatic carbocycles. The number of likely N-dealkylation sites (tertiary alicyclic amines) is 1. The fraction of sp³-hybridized carbons (Fsp3) is 0.741. The van der Waals surface area contributed by atoms with Gasteiger partial charge in [-0.3, -0.25) is 4.79 Å². The van der Waals surface area contributed by atoms with E-state index in [0.29, 0.717) is 28.2 Å². The Morgan fingerprint density at radius 2 is 1.81 bits per heavy atom. The second kappa shape index (κ2) is 12.2. The number of hydrogen-bond acceptors (Lipinski definition) is 6. The number of aryl methyl sites for hydroxylation is 2. The molecule has 0 spiro atoms. The standard InChI is InChI=1S/C27H45N3O5S/c1-21-15-24(34-6)16-22(2)26(21)36(32,33)29(5)13-14-35-19-25(31)28(4)18-23-9-10-27(3,17-23)20-30-11-7-8-12-30/h15-16,23H,7-14,17-20H2,1-6H3/t23-,27-/m0/s1. The summed E-state index contributed by atoms with van der Waals surface area (Å²) in [6, 6.07) is 3.44. The van der Waals surface area contributed by atoms with Crippen LogP contribution < -0.4 is 4.74 Å². The third kappa shape index (κ3) is 7.21. The molecule has 2 atom stereocenters. The van der Waals surface area contributed by atoms with Crippen LogP contribution in [0.15, 0.2) is 17.0 Å². The van der Waals surface area contributed by atoms with E-state index in [4.69, 9.17) is 9.47 Å². The summed E-state index contributed by atoms with van der Waals surface area (Å²) in [5.74, 6) is 1.10.